The number of ether oxygens (including phenoxy) is 3. The van der Waals surface area contributed by atoms with Crippen molar-refractivity contribution in [1.82, 2.24) is 0 Å². The molecule has 2 aliphatic carbocycles. The van der Waals surface area contributed by atoms with Crippen molar-refractivity contribution in [2.45, 2.75) is 6.92 Å². The predicted molar refractivity (Wildman–Crippen MR) is 152 cm³/mol. The Hall–Kier alpha value is -5.25. The fourth-order valence-corrected chi connectivity index (χ4v) is 6.40. The summed E-state index contributed by atoms with van der Waals surface area (Å²) < 4.78 is 15.7. The summed E-state index contributed by atoms with van der Waals surface area (Å²) in [6.07, 6.45) is 3.96. The van der Waals surface area contributed by atoms with Crippen LogP contribution in [-0.4, -0.2) is 36.9 Å². The lowest BCUT2D eigenvalue weighted by Gasteiger charge is -2.22. The molecular formula is C32H26N2O8. The van der Waals surface area contributed by atoms with E-state index < -0.39 is 40.2 Å². The van der Waals surface area contributed by atoms with Gasteiger partial charge in [0.15, 0.2) is 0 Å². The Morgan fingerprint density at radius 1 is 0.810 bits per heavy atom. The molecule has 3 aromatic rings. The number of rotatable bonds is 7. The summed E-state index contributed by atoms with van der Waals surface area (Å²) in [7, 11) is 3.20. The monoisotopic (exact) mass is 566 g/mol. The van der Waals surface area contributed by atoms with Crippen LogP contribution in [0.3, 0.4) is 0 Å². The number of carbonyl (C=O) groups excluding carboxylic acids is 3. The second-order valence-electron chi connectivity index (χ2n) is 10.3. The Morgan fingerprint density at radius 3 is 1.74 bits per heavy atom. The molecule has 3 aromatic carbocycles. The number of benzene rings is 3. The Balaban J connectivity index is 1.43. The van der Waals surface area contributed by atoms with Gasteiger partial charge in [-0.3, -0.25) is 24.5 Å². The van der Waals surface area contributed by atoms with Crippen molar-refractivity contribution in [3.63, 3.8) is 0 Å². The molecule has 6 rings (SSSR count). The van der Waals surface area contributed by atoms with Crippen molar-refractivity contribution in [3.8, 4) is 17.2 Å². The number of nitrogens with zero attached hydrogens (tertiary/aromatic N) is 2. The van der Waals surface area contributed by atoms with Crippen LogP contribution in [-0.2, 0) is 14.4 Å². The molecule has 2 fully saturated rings. The molecule has 0 N–H and O–H groups in total. The first kappa shape index (κ1) is 26.9. The van der Waals surface area contributed by atoms with E-state index in [0.717, 1.165) is 40.2 Å². The van der Waals surface area contributed by atoms with Crippen LogP contribution in [0.25, 0.3) is 5.57 Å². The van der Waals surface area contributed by atoms with Crippen LogP contribution in [0.2, 0.25) is 0 Å². The molecule has 0 unspecified atom stereocenters. The van der Waals surface area contributed by atoms with E-state index in [2.05, 4.69) is 0 Å². The molecule has 1 aliphatic heterocycles. The van der Waals surface area contributed by atoms with Gasteiger partial charge < -0.3 is 14.2 Å². The van der Waals surface area contributed by atoms with Gasteiger partial charge in [-0.25, -0.2) is 4.90 Å². The second-order valence-corrected chi connectivity index (χ2v) is 10.3. The fourth-order valence-electron chi connectivity index (χ4n) is 6.40. The average Bonchev–Trinajstić information content (AvgIpc) is 3.62. The van der Waals surface area contributed by atoms with Gasteiger partial charge in [0.05, 0.1) is 36.7 Å². The van der Waals surface area contributed by atoms with E-state index in [1.54, 1.807) is 14.2 Å². The Kier molecular flexibility index (Phi) is 6.61. The van der Waals surface area contributed by atoms with Gasteiger partial charge in [-0.15, -0.1) is 0 Å². The van der Waals surface area contributed by atoms with E-state index >= 15 is 0 Å². The minimum Gasteiger partial charge on any atom is -0.497 e. The maximum atomic E-state index is 13.9. The van der Waals surface area contributed by atoms with Crippen LogP contribution >= 0.6 is 0 Å². The highest BCUT2D eigenvalue weighted by molar-refractivity contribution is 6.23. The van der Waals surface area contributed by atoms with Crippen molar-refractivity contribution in [1.29, 1.82) is 0 Å². The van der Waals surface area contributed by atoms with Crippen molar-refractivity contribution in [3.05, 3.63) is 106 Å². The standard InChI is InChI=1S/C32H26N2O8/c1-17(35)42-26-15-8-20(16-25(26)34(38)39)33-31(36)29-23-13-14-24(30(29)32(33)37)28(23)27(18-4-9-21(40-2)10-5-18)19-6-11-22(41-3)12-7-19/h4-16,23-24,29-30H,1-3H3/t23-,24-,29-,30-/m1/s1. The fraction of sp³-hybridized carbons (Fsp3) is 0.219. The lowest BCUT2D eigenvalue weighted by atomic mass is 9.85. The van der Waals surface area contributed by atoms with Crippen LogP contribution in [0.1, 0.15) is 18.1 Å². The number of hydrogen-bond acceptors (Lipinski definition) is 8. The van der Waals surface area contributed by atoms with Crippen molar-refractivity contribution >= 4 is 34.7 Å². The van der Waals surface area contributed by atoms with E-state index in [1.807, 2.05) is 60.7 Å². The first-order chi connectivity index (χ1) is 20.2. The average molecular weight is 567 g/mol. The number of imide groups is 1. The van der Waals surface area contributed by atoms with Crippen LogP contribution in [0.4, 0.5) is 11.4 Å². The first-order valence-corrected chi connectivity index (χ1v) is 13.3. The van der Waals surface area contributed by atoms with Crippen molar-refractivity contribution < 1.29 is 33.5 Å². The van der Waals surface area contributed by atoms with Crippen LogP contribution in [0, 0.1) is 33.8 Å². The number of methoxy groups -OCH3 is 2. The number of hydrogen-bond donors (Lipinski definition) is 0. The van der Waals surface area contributed by atoms with Crippen LogP contribution in [0.5, 0.6) is 17.2 Å². The predicted octanol–water partition coefficient (Wildman–Crippen LogP) is 4.96. The second kappa shape index (κ2) is 10.3. The number of anilines is 1. The largest absolute Gasteiger partial charge is 0.497 e. The summed E-state index contributed by atoms with van der Waals surface area (Å²) in [4.78, 5) is 51.2. The number of nitro groups is 1. The molecule has 1 saturated heterocycles. The first-order valence-electron chi connectivity index (χ1n) is 13.3. The van der Waals surface area contributed by atoms with Crippen LogP contribution < -0.4 is 19.1 Å². The van der Waals surface area contributed by atoms with Gasteiger partial charge in [-0.1, -0.05) is 36.4 Å². The highest BCUT2D eigenvalue weighted by atomic mass is 16.6. The van der Waals surface area contributed by atoms with Gasteiger partial charge >= 0.3 is 11.7 Å². The Labute approximate surface area is 240 Å². The number of carbonyl (C=O) groups is 3. The highest BCUT2D eigenvalue weighted by Crippen LogP contribution is 2.59. The van der Waals surface area contributed by atoms with Gasteiger partial charge in [-0.2, -0.15) is 0 Å². The SMILES string of the molecule is COc1ccc(C(=C2[C@H]3C=C[C@H]2[C@H]2C(=O)N(c4ccc(OC(C)=O)c([N+](=O)[O-])c4)C(=O)[C@@H]23)c2ccc(OC)cc2)cc1. The lowest BCUT2D eigenvalue weighted by Crippen LogP contribution is -2.33. The van der Waals surface area contributed by atoms with E-state index in [9.17, 15) is 24.5 Å². The molecule has 212 valence electrons. The van der Waals surface area contributed by atoms with Gasteiger partial charge in [0.1, 0.15) is 11.5 Å². The summed E-state index contributed by atoms with van der Waals surface area (Å²) in [5.74, 6) is -2.38. The van der Waals surface area contributed by atoms with Gasteiger partial charge in [0.2, 0.25) is 17.6 Å². The summed E-state index contributed by atoms with van der Waals surface area (Å²) in [6, 6.07) is 19.0. The maximum absolute atomic E-state index is 13.9. The summed E-state index contributed by atoms with van der Waals surface area (Å²) in [6.45, 7) is 1.13. The number of amides is 2. The highest BCUT2D eigenvalue weighted by Gasteiger charge is 2.62. The molecular weight excluding hydrogens is 540 g/mol. The third-order valence-corrected chi connectivity index (χ3v) is 8.11. The molecule has 10 heteroatoms. The molecule has 10 nitrogen and oxygen atoms in total. The van der Waals surface area contributed by atoms with E-state index in [-0.39, 0.29) is 23.3 Å². The summed E-state index contributed by atoms with van der Waals surface area (Å²) in [5.41, 5.74) is 3.31. The molecule has 0 radical (unpaired) electrons. The minimum absolute atomic E-state index is 0.0671. The molecule has 4 atom stereocenters. The number of esters is 1. The third-order valence-electron chi connectivity index (χ3n) is 8.11. The minimum atomic E-state index is -0.722. The van der Waals surface area contributed by atoms with E-state index in [0.29, 0.717) is 11.5 Å². The number of allylic oxidation sites excluding steroid dienone is 3. The molecule has 1 heterocycles. The zero-order valence-corrected chi connectivity index (χ0v) is 23.0. The molecule has 42 heavy (non-hydrogen) atoms. The van der Waals surface area contributed by atoms with E-state index in [4.69, 9.17) is 14.2 Å². The summed E-state index contributed by atoms with van der Waals surface area (Å²) >= 11 is 0. The number of fused-ring (bicyclic) bond motifs is 5. The van der Waals surface area contributed by atoms with Gasteiger partial charge in [0, 0.05) is 24.8 Å². The molecule has 2 amide bonds. The molecule has 0 spiro atoms. The normalized spacial score (nSPS) is 21.9. The lowest BCUT2D eigenvalue weighted by molar-refractivity contribution is -0.385. The zero-order valence-electron chi connectivity index (χ0n) is 23.0. The molecule has 0 aromatic heterocycles. The molecule has 2 bridgehead atoms. The topological polar surface area (TPSA) is 125 Å². The van der Waals surface area contributed by atoms with Crippen molar-refractivity contribution in [2.75, 3.05) is 19.1 Å². The quantitative estimate of drug-likeness (QED) is 0.0981. The molecule has 3 aliphatic rings. The molecule has 1 saturated carbocycles. The third kappa shape index (κ3) is 4.23. The zero-order chi connectivity index (χ0) is 29.7. The van der Waals surface area contributed by atoms with Crippen LogP contribution in [0.15, 0.2) is 84.5 Å². The van der Waals surface area contributed by atoms with Gasteiger partial charge in [-0.05, 0) is 58.7 Å². The van der Waals surface area contributed by atoms with Gasteiger partial charge in [0.25, 0.3) is 0 Å². The van der Waals surface area contributed by atoms with E-state index in [1.165, 1.54) is 12.1 Å². The van der Waals surface area contributed by atoms with Crippen molar-refractivity contribution in [2.24, 2.45) is 23.7 Å². The Morgan fingerprint density at radius 2 is 1.31 bits per heavy atom. The Bertz CT molecular complexity index is 1610. The smallest absolute Gasteiger partial charge is 0.313 e. The number of nitro benzene ring substituents is 1. The maximum Gasteiger partial charge on any atom is 0.313 e. The summed E-state index contributed by atoms with van der Waals surface area (Å²) in [5, 5.41) is 11.7.